The van der Waals surface area contributed by atoms with E-state index < -0.39 is 5.60 Å². The molecule has 4 heteroatoms. The molecule has 4 nitrogen and oxygen atoms in total. The van der Waals surface area contributed by atoms with Crippen molar-refractivity contribution in [2.45, 2.75) is 78.4 Å². The zero-order chi connectivity index (χ0) is 15.3. The molecule has 0 aliphatic heterocycles. The fourth-order valence-electron chi connectivity index (χ4n) is 2.77. The molecule has 1 aliphatic rings. The third-order valence-corrected chi connectivity index (χ3v) is 3.75. The highest BCUT2D eigenvalue weighted by Gasteiger charge is 2.26. The highest BCUT2D eigenvalue weighted by atomic mass is 16.6. The normalized spacial score (nSPS) is 26.9. The summed E-state index contributed by atoms with van der Waals surface area (Å²) in [6, 6.07) is 0.261. The second-order valence-electron chi connectivity index (χ2n) is 7.16. The van der Waals surface area contributed by atoms with Crippen LogP contribution >= 0.6 is 0 Å². The van der Waals surface area contributed by atoms with Crippen LogP contribution in [0.3, 0.4) is 0 Å². The summed E-state index contributed by atoms with van der Waals surface area (Å²) >= 11 is 0. The van der Waals surface area contributed by atoms with Crippen molar-refractivity contribution in [2.24, 2.45) is 11.8 Å². The van der Waals surface area contributed by atoms with Crippen molar-refractivity contribution in [2.75, 3.05) is 0 Å². The van der Waals surface area contributed by atoms with Crippen LogP contribution in [0.15, 0.2) is 0 Å². The lowest BCUT2D eigenvalue weighted by molar-refractivity contribution is -0.155. The number of rotatable bonds is 4. The van der Waals surface area contributed by atoms with Crippen LogP contribution in [0.25, 0.3) is 0 Å². The van der Waals surface area contributed by atoms with Gasteiger partial charge in [-0.1, -0.05) is 13.8 Å². The predicted molar refractivity (Wildman–Crippen MR) is 79.2 cm³/mol. The van der Waals surface area contributed by atoms with Gasteiger partial charge >= 0.3 is 5.97 Å². The Hall–Kier alpha value is -1.06. The van der Waals surface area contributed by atoms with E-state index >= 15 is 0 Å². The molecule has 1 saturated carbocycles. The smallest absolute Gasteiger partial charge is 0.306 e. The zero-order valence-electron chi connectivity index (χ0n) is 13.5. The summed E-state index contributed by atoms with van der Waals surface area (Å²) in [5.74, 6) is 0.921. The average molecular weight is 283 g/mol. The third-order valence-electron chi connectivity index (χ3n) is 3.75. The minimum absolute atomic E-state index is 0.0396. The molecule has 3 unspecified atom stereocenters. The van der Waals surface area contributed by atoms with Crippen LogP contribution in [0.4, 0.5) is 0 Å². The van der Waals surface area contributed by atoms with Crippen molar-refractivity contribution in [3.63, 3.8) is 0 Å². The molecule has 0 aromatic heterocycles. The summed E-state index contributed by atoms with van der Waals surface area (Å²) in [6.45, 7) is 9.94. The quantitative estimate of drug-likeness (QED) is 0.807. The Labute approximate surface area is 122 Å². The molecule has 0 heterocycles. The van der Waals surface area contributed by atoms with Crippen molar-refractivity contribution < 1.29 is 14.3 Å². The molecule has 0 saturated heterocycles. The average Bonchev–Trinajstić information content (AvgIpc) is 2.28. The SMILES string of the molecule is CC1CCC(NC(=O)CCC(=O)OC(C)(C)C)C(C)C1. The minimum Gasteiger partial charge on any atom is -0.460 e. The first-order chi connectivity index (χ1) is 9.17. The Morgan fingerprint density at radius 2 is 1.80 bits per heavy atom. The van der Waals surface area contributed by atoms with Gasteiger partial charge in [-0.15, -0.1) is 0 Å². The molecule has 0 spiro atoms. The minimum atomic E-state index is -0.485. The molecule has 1 aliphatic carbocycles. The number of amides is 1. The number of hydrogen-bond donors (Lipinski definition) is 1. The Morgan fingerprint density at radius 1 is 1.15 bits per heavy atom. The predicted octanol–water partition coefficient (Wildman–Crippen LogP) is 3.05. The van der Waals surface area contributed by atoms with E-state index in [9.17, 15) is 9.59 Å². The molecule has 0 bridgehead atoms. The topological polar surface area (TPSA) is 55.4 Å². The van der Waals surface area contributed by atoms with Crippen molar-refractivity contribution >= 4 is 11.9 Å². The molecule has 0 radical (unpaired) electrons. The first kappa shape index (κ1) is 17.0. The van der Waals surface area contributed by atoms with Gasteiger partial charge in [0.05, 0.1) is 6.42 Å². The molecule has 20 heavy (non-hydrogen) atoms. The molecule has 3 atom stereocenters. The van der Waals surface area contributed by atoms with Gasteiger partial charge in [0, 0.05) is 12.5 Å². The lowest BCUT2D eigenvalue weighted by Crippen LogP contribution is -2.42. The number of carbonyl (C=O) groups excluding carboxylic acids is 2. The second-order valence-corrected chi connectivity index (χ2v) is 7.16. The zero-order valence-corrected chi connectivity index (χ0v) is 13.5. The Bertz CT molecular complexity index is 346. The number of hydrogen-bond acceptors (Lipinski definition) is 3. The van der Waals surface area contributed by atoms with E-state index in [1.165, 1.54) is 6.42 Å². The molecule has 0 aromatic rings. The van der Waals surface area contributed by atoms with E-state index in [1.807, 2.05) is 20.8 Å². The third kappa shape index (κ3) is 6.40. The number of carbonyl (C=O) groups is 2. The van der Waals surface area contributed by atoms with Crippen LogP contribution in [0, 0.1) is 11.8 Å². The van der Waals surface area contributed by atoms with E-state index in [-0.39, 0.29) is 30.8 Å². The van der Waals surface area contributed by atoms with Gasteiger partial charge in [-0.3, -0.25) is 9.59 Å². The van der Waals surface area contributed by atoms with Crippen molar-refractivity contribution in [1.82, 2.24) is 5.32 Å². The second kappa shape index (κ2) is 7.09. The van der Waals surface area contributed by atoms with Gasteiger partial charge in [-0.25, -0.2) is 0 Å². The molecule has 0 aromatic carbocycles. The van der Waals surface area contributed by atoms with E-state index in [0.717, 1.165) is 18.8 Å². The standard InChI is InChI=1S/C16H29NO3/c1-11-6-7-13(12(2)10-11)17-14(18)8-9-15(19)20-16(3,4)5/h11-13H,6-10H2,1-5H3,(H,17,18). The van der Waals surface area contributed by atoms with E-state index in [1.54, 1.807) is 0 Å². The van der Waals surface area contributed by atoms with Crippen LogP contribution < -0.4 is 5.32 Å². The Morgan fingerprint density at radius 3 is 2.35 bits per heavy atom. The summed E-state index contributed by atoms with van der Waals surface area (Å²) < 4.78 is 5.19. The first-order valence-electron chi connectivity index (χ1n) is 7.68. The molecule has 1 rings (SSSR count). The molecular formula is C16H29NO3. The van der Waals surface area contributed by atoms with Crippen molar-refractivity contribution in [3.05, 3.63) is 0 Å². The summed E-state index contributed by atoms with van der Waals surface area (Å²) in [5.41, 5.74) is -0.485. The van der Waals surface area contributed by atoms with Crippen LogP contribution in [-0.4, -0.2) is 23.5 Å². The molecule has 1 N–H and O–H groups in total. The number of esters is 1. The molecule has 116 valence electrons. The van der Waals surface area contributed by atoms with E-state index in [4.69, 9.17) is 4.74 Å². The van der Waals surface area contributed by atoms with E-state index in [0.29, 0.717) is 5.92 Å². The van der Waals surface area contributed by atoms with Crippen molar-refractivity contribution in [1.29, 1.82) is 0 Å². The molecular weight excluding hydrogens is 254 g/mol. The summed E-state index contributed by atoms with van der Waals surface area (Å²) in [7, 11) is 0. The molecule has 1 amide bonds. The van der Waals surface area contributed by atoms with Crippen LogP contribution in [0.1, 0.15) is 66.7 Å². The Balaban J connectivity index is 2.28. The van der Waals surface area contributed by atoms with Crippen LogP contribution in [0.2, 0.25) is 0 Å². The maximum absolute atomic E-state index is 11.9. The van der Waals surface area contributed by atoms with Gasteiger partial charge in [0.25, 0.3) is 0 Å². The lowest BCUT2D eigenvalue weighted by atomic mass is 9.80. The summed E-state index contributed by atoms with van der Waals surface area (Å²) in [4.78, 5) is 23.4. The van der Waals surface area contributed by atoms with Crippen LogP contribution in [0.5, 0.6) is 0 Å². The lowest BCUT2D eigenvalue weighted by Gasteiger charge is -2.33. The van der Waals surface area contributed by atoms with Gasteiger partial charge in [0.1, 0.15) is 5.60 Å². The highest BCUT2D eigenvalue weighted by Crippen LogP contribution is 2.28. The monoisotopic (exact) mass is 283 g/mol. The molecule has 1 fully saturated rings. The maximum atomic E-state index is 11.9. The maximum Gasteiger partial charge on any atom is 0.306 e. The first-order valence-corrected chi connectivity index (χ1v) is 7.68. The Kier molecular flexibility index (Phi) is 6.03. The number of nitrogens with one attached hydrogen (secondary N) is 1. The fraction of sp³-hybridized carbons (Fsp3) is 0.875. The largest absolute Gasteiger partial charge is 0.460 e. The number of ether oxygens (including phenoxy) is 1. The van der Waals surface area contributed by atoms with Gasteiger partial charge in [0.15, 0.2) is 0 Å². The summed E-state index contributed by atoms with van der Waals surface area (Å²) in [5, 5.41) is 3.06. The highest BCUT2D eigenvalue weighted by molar-refractivity contribution is 5.81. The van der Waals surface area contributed by atoms with Gasteiger partial charge in [0.2, 0.25) is 5.91 Å². The van der Waals surface area contributed by atoms with Crippen molar-refractivity contribution in [3.8, 4) is 0 Å². The summed E-state index contributed by atoms with van der Waals surface area (Å²) in [6.07, 6.45) is 3.74. The van der Waals surface area contributed by atoms with E-state index in [2.05, 4.69) is 19.2 Å². The fourth-order valence-corrected chi connectivity index (χ4v) is 2.77. The van der Waals surface area contributed by atoms with Gasteiger partial charge in [-0.2, -0.15) is 0 Å². The van der Waals surface area contributed by atoms with Gasteiger partial charge in [-0.05, 0) is 51.9 Å². The van der Waals surface area contributed by atoms with Gasteiger partial charge < -0.3 is 10.1 Å². The van der Waals surface area contributed by atoms with Crippen LogP contribution in [-0.2, 0) is 14.3 Å².